The van der Waals surface area contributed by atoms with Crippen LogP contribution in [0.4, 0.5) is 0 Å². The number of aromatic amines is 2. The quantitative estimate of drug-likeness (QED) is 0.465. The predicted molar refractivity (Wildman–Crippen MR) is 138 cm³/mol. The second kappa shape index (κ2) is 7.42. The van der Waals surface area contributed by atoms with Crippen LogP contribution in [0.2, 0.25) is 0 Å². The first-order valence-electron chi connectivity index (χ1n) is 11.4. The fraction of sp³-hybridized carbons (Fsp3) is 0. The van der Waals surface area contributed by atoms with E-state index in [1.807, 2.05) is 12.1 Å². The van der Waals surface area contributed by atoms with Gasteiger partial charge in [-0.15, -0.1) is 0 Å². The van der Waals surface area contributed by atoms with Crippen molar-refractivity contribution >= 4 is 28.3 Å². The summed E-state index contributed by atoms with van der Waals surface area (Å²) < 4.78 is 0. The molecule has 3 aliphatic rings. The lowest BCUT2D eigenvalue weighted by atomic mass is 9.99. The van der Waals surface area contributed by atoms with E-state index in [9.17, 15) is 0 Å². The Morgan fingerprint density at radius 3 is 1.85 bits per heavy atom. The van der Waals surface area contributed by atoms with Gasteiger partial charge in [-0.2, -0.15) is 0 Å². The largest absolute Gasteiger partial charge is 0.353 e. The molecule has 160 valence electrons. The minimum atomic E-state index is 0.915. The highest BCUT2D eigenvalue weighted by Gasteiger charge is 2.21. The highest BCUT2D eigenvalue weighted by molar-refractivity contribution is 6.33. The number of aliphatic imine (C=N–C) groups is 2. The molecule has 0 aliphatic carbocycles. The number of nitrogens with zero attached hydrogens (tertiary/aromatic N) is 2. The summed E-state index contributed by atoms with van der Waals surface area (Å²) in [7, 11) is 0. The SMILES string of the molecule is C1=CC2=c3ccc([nH]3)=C(c3ccccc3)c3ccc([nH]3)C3=NC(=C(c4ccccc4)C1=N2)C=C3. The van der Waals surface area contributed by atoms with Gasteiger partial charge in [0.25, 0.3) is 0 Å². The molecule has 0 amide bonds. The molecule has 34 heavy (non-hydrogen) atoms. The zero-order chi connectivity index (χ0) is 22.5. The normalized spacial score (nSPS) is 16.1. The van der Waals surface area contributed by atoms with E-state index >= 15 is 0 Å². The Kier molecular flexibility index (Phi) is 4.11. The second-order valence-electron chi connectivity index (χ2n) is 8.48. The number of benzene rings is 2. The molecule has 2 N–H and O–H groups in total. The number of hydrogen-bond acceptors (Lipinski definition) is 2. The molecule has 4 heteroatoms. The summed E-state index contributed by atoms with van der Waals surface area (Å²) in [6.07, 6.45) is 8.32. The molecule has 0 spiro atoms. The van der Waals surface area contributed by atoms with Crippen LogP contribution >= 0.6 is 0 Å². The van der Waals surface area contributed by atoms with Crippen LogP contribution in [0.1, 0.15) is 22.5 Å². The third kappa shape index (κ3) is 3.00. The van der Waals surface area contributed by atoms with Gasteiger partial charge in [0.2, 0.25) is 0 Å². The first-order chi connectivity index (χ1) is 16.8. The molecule has 2 aromatic carbocycles. The van der Waals surface area contributed by atoms with Crippen molar-refractivity contribution < 1.29 is 0 Å². The number of allylic oxidation sites excluding steroid dienone is 4. The zero-order valence-electron chi connectivity index (χ0n) is 18.3. The Morgan fingerprint density at radius 1 is 0.441 bits per heavy atom. The lowest BCUT2D eigenvalue weighted by Gasteiger charge is -2.09. The summed E-state index contributed by atoms with van der Waals surface area (Å²) in [4.78, 5) is 17.3. The van der Waals surface area contributed by atoms with Crippen LogP contribution < -0.4 is 10.7 Å². The maximum Gasteiger partial charge on any atom is 0.0872 e. The van der Waals surface area contributed by atoms with Crippen molar-refractivity contribution in [2.45, 2.75) is 0 Å². The Labute approximate surface area is 196 Å². The van der Waals surface area contributed by atoms with Crippen molar-refractivity contribution in [3.05, 3.63) is 148 Å². The van der Waals surface area contributed by atoms with Gasteiger partial charge in [-0.1, -0.05) is 60.7 Å². The molecule has 0 unspecified atom stereocenters. The van der Waals surface area contributed by atoms with E-state index in [0.717, 1.165) is 67.2 Å². The van der Waals surface area contributed by atoms with Crippen LogP contribution in [-0.4, -0.2) is 21.4 Å². The van der Waals surface area contributed by atoms with Crippen molar-refractivity contribution in [2.75, 3.05) is 0 Å². The van der Waals surface area contributed by atoms with E-state index in [1.54, 1.807) is 0 Å². The van der Waals surface area contributed by atoms with Gasteiger partial charge in [-0.3, -0.25) is 0 Å². The van der Waals surface area contributed by atoms with Crippen LogP contribution in [0.15, 0.2) is 125 Å². The van der Waals surface area contributed by atoms with Gasteiger partial charge in [0.1, 0.15) is 0 Å². The molecular formula is C30H20N4. The lowest BCUT2D eigenvalue weighted by Crippen LogP contribution is -2.15. The topological polar surface area (TPSA) is 56.3 Å². The van der Waals surface area contributed by atoms with Crippen molar-refractivity contribution in [1.82, 2.24) is 9.97 Å². The Balaban J connectivity index is 1.56. The molecule has 0 atom stereocenters. The summed E-state index contributed by atoms with van der Waals surface area (Å²) >= 11 is 0. The smallest absolute Gasteiger partial charge is 0.0872 e. The average molecular weight is 437 g/mol. The van der Waals surface area contributed by atoms with E-state index in [2.05, 4.69) is 107 Å². The number of H-pyrrole nitrogens is 2. The predicted octanol–water partition coefficient (Wildman–Crippen LogP) is 4.49. The van der Waals surface area contributed by atoms with Crippen molar-refractivity contribution in [2.24, 2.45) is 9.98 Å². The minimum Gasteiger partial charge on any atom is -0.353 e. The molecule has 8 bridgehead atoms. The molecule has 4 aromatic rings. The van der Waals surface area contributed by atoms with Crippen LogP contribution in [0, 0.1) is 0 Å². The van der Waals surface area contributed by atoms with Gasteiger partial charge in [0.15, 0.2) is 0 Å². The standard InChI is InChI=1S/C30H20N4/c1-3-7-19(8-4-1)29-25-15-11-21(31-25)23-13-17-27(33-23)30(20-9-5-2-6-10-20)28-18-14-24(34-28)22-12-16-26(29)32-22/h1-18,31-32H. The lowest BCUT2D eigenvalue weighted by molar-refractivity contribution is 1.22. The molecule has 3 aliphatic heterocycles. The summed E-state index contributed by atoms with van der Waals surface area (Å²) in [6.45, 7) is 0. The number of rotatable bonds is 2. The number of aromatic nitrogens is 2. The number of nitrogens with one attached hydrogen (secondary N) is 2. The fourth-order valence-corrected chi connectivity index (χ4v) is 4.78. The average Bonchev–Trinajstić information content (AvgIpc) is 3.68. The molecule has 7 rings (SSSR count). The Bertz CT molecular complexity index is 1720. The molecular weight excluding hydrogens is 416 g/mol. The summed E-state index contributed by atoms with van der Waals surface area (Å²) in [5.74, 6) is 0. The van der Waals surface area contributed by atoms with Crippen LogP contribution in [0.3, 0.4) is 0 Å². The van der Waals surface area contributed by atoms with E-state index < -0.39 is 0 Å². The van der Waals surface area contributed by atoms with Gasteiger partial charge in [0, 0.05) is 22.2 Å². The third-order valence-corrected chi connectivity index (χ3v) is 6.38. The molecule has 5 heterocycles. The molecule has 0 fully saturated rings. The van der Waals surface area contributed by atoms with Crippen LogP contribution in [0.25, 0.3) is 16.8 Å². The molecule has 0 saturated carbocycles. The molecule has 2 aromatic heterocycles. The van der Waals surface area contributed by atoms with E-state index in [0.29, 0.717) is 0 Å². The Hall–Kier alpha value is -4.70. The highest BCUT2D eigenvalue weighted by atomic mass is 14.9. The zero-order valence-corrected chi connectivity index (χ0v) is 18.3. The number of fused-ring (bicyclic) bond motifs is 7. The second-order valence-corrected chi connectivity index (χ2v) is 8.48. The van der Waals surface area contributed by atoms with Gasteiger partial charge >= 0.3 is 0 Å². The van der Waals surface area contributed by atoms with Crippen LogP contribution in [0.5, 0.6) is 0 Å². The monoisotopic (exact) mass is 436 g/mol. The third-order valence-electron chi connectivity index (χ3n) is 6.38. The van der Waals surface area contributed by atoms with Crippen molar-refractivity contribution in [3.8, 4) is 0 Å². The van der Waals surface area contributed by atoms with Crippen molar-refractivity contribution in [3.63, 3.8) is 0 Å². The van der Waals surface area contributed by atoms with E-state index in [-0.39, 0.29) is 0 Å². The maximum atomic E-state index is 5.02. The summed E-state index contributed by atoms with van der Waals surface area (Å²) in [6, 6.07) is 29.3. The minimum absolute atomic E-state index is 0.915. The summed E-state index contributed by atoms with van der Waals surface area (Å²) in [5, 5.41) is 2.03. The van der Waals surface area contributed by atoms with E-state index in [4.69, 9.17) is 9.98 Å². The van der Waals surface area contributed by atoms with Crippen molar-refractivity contribution in [1.29, 1.82) is 0 Å². The molecule has 4 nitrogen and oxygen atoms in total. The first kappa shape index (κ1) is 18.8. The van der Waals surface area contributed by atoms with E-state index in [1.165, 1.54) is 0 Å². The Morgan fingerprint density at radius 2 is 1.06 bits per heavy atom. The number of hydrogen-bond donors (Lipinski definition) is 2. The fourth-order valence-electron chi connectivity index (χ4n) is 4.78. The maximum absolute atomic E-state index is 5.02. The molecule has 0 radical (unpaired) electrons. The van der Waals surface area contributed by atoms with Gasteiger partial charge in [0.05, 0.1) is 33.9 Å². The highest BCUT2D eigenvalue weighted by Crippen LogP contribution is 2.30. The molecule has 0 saturated heterocycles. The van der Waals surface area contributed by atoms with Gasteiger partial charge < -0.3 is 9.97 Å². The van der Waals surface area contributed by atoms with Gasteiger partial charge in [-0.05, 0) is 59.7 Å². The van der Waals surface area contributed by atoms with Crippen LogP contribution in [-0.2, 0) is 0 Å². The first-order valence-corrected chi connectivity index (χ1v) is 11.4. The van der Waals surface area contributed by atoms with Gasteiger partial charge in [-0.25, -0.2) is 9.98 Å². The summed E-state index contributed by atoms with van der Waals surface area (Å²) in [5.41, 5.74) is 10.1.